The number of carbonyl (C=O) groups is 3. The van der Waals surface area contributed by atoms with Gasteiger partial charge < -0.3 is 19.9 Å². The van der Waals surface area contributed by atoms with Gasteiger partial charge >= 0.3 is 18.0 Å². The van der Waals surface area contributed by atoms with E-state index in [1.54, 1.807) is 19.3 Å². The van der Waals surface area contributed by atoms with Gasteiger partial charge in [-0.3, -0.25) is 0 Å². The summed E-state index contributed by atoms with van der Waals surface area (Å²) in [6.45, 7) is 1.37. The Hall–Kier alpha value is -4.54. The van der Waals surface area contributed by atoms with Gasteiger partial charge in [-0.05, 0) is 31.0 Å². The van der Waals surface area contributed by atoms with Crippen LogP contribution in [0, 0.1) is 11.6 Å². The number of ether oxygens (including phenoxy) is 1. The lowest BCUT2D eigenvalue weighted by atomic mass is 10.0. The third kappa shape index (κ3) is 5.50. The predicted molar refractivity (Wildman–Crippen MR) is 130 cm³/mol. The average molecular weight is 510 g/mol. The molecule has 2 aromatic carbocycles. The zero-order chi connectivity index (χ0) is 26.5. The molecule has 9 nitrogen and oxygen atoms in total. The quantitative estimate of drug-likeness (QED) is 0.469. The Labute approximate surface area is 211 Å². The van der Waals surface area contributed by atoms with Crippen LogP contribution >= 0.6 is 0 Å². The van der Waals surface area contributed by atoms with Gasteiger partial charge in [-0.25, -0.2) is 33.0 Å². The summed E-state index contributed by atoms with van der Waals surface area (Å²) in [5.41, 5.74) is 1.77. The third-order valence-electron chi connectivity index (χ3n) is 6.04. The van der Waals surface area contributed by atoms with Gasteiger partial charge in [0.25, 0.3) is 0 Å². The lowest BCUT2D eigenvalue weighted by Gasteiger charge is -2.28. The molecule has 11 heteroatoms. The van der Waals surface area contributed by atoms with E-state index in [1.165, 1.54) is 13.2 Å². The highest BCUT2D eigenvalue weighted by molar-refractivity contribution is 6.00. The minimum absolute atomic E-state index is 0.0783. The minimum Gasteiger partial charge on any atom is -0.466 e. The molecule has 1 unspecified atom stereocenters. The van der Waals surface area contributed by atoms with Gasteiger partial charge in [-0.15, -0.1) is 0 Å². The van der Waals surface area contributed by atoms with E-state index in [4.69, 9.17) is 4.74 Å². The van der Waals surface area contributed by atoms with Crippen molar-refractivity contribution in [2.45, 2.75) is 19.4 Å². The second-order valence-electron chi connectivity index (χ2n) is 8.35. The number of imide groups is 1. The normalized spacial score (nSPS) is 14.3. The molecular weight excluding hydrogens is 484 g/mol. The van der Waals surface area contributed by atoms with E-state index in [-0.39, 0.29) is 25.1 Å². The van der Waals surface area contributed by atoms with Crippen LogP contribution in [-0.4, -0.2) is 52.7 Å². The number of imidazole rings is 1. The molecule has 0 spiro atoms. The van der Waals surface area contributed by atoms with Gasteiger partial charge in [0.05, 0.1) is 25.3 Å². The molecule has 0 bridgehead atoms. The fourth-order valence-electron chi connectivity index (χ4n) is 4.13. The van der Waals surface area contributed by atoms with Crippen LogP contribution in [0.15, 0.2) is 72.2 Å². The number of nitrogens with one attached hydrogen (secondary N) is 2. The number of carbonyl (C=O) groups excluding carboxylic acids is 3. The Morgan fingerprint density at radius 2 is 1.92 bits per heavy atom. The van der Waals surface area contributed by atoms with Gasteiger partial charge in [-0.2, -0.15) is 0 Å². The Bertz CT molecular complexity index is 1360. The molecule has 1 aliphatic rings. The maximum atomic E-state index is 14.1. The number of hydrogen-bond donors (Lipinski definition) is 2. The number of esters is 1. The van der Waals surface area contributed by atoms with Gasteiger partial charge in [0, 0.05) is 30.2 Å². The first kappa shape index (κ1) is 25.5. The molecule has 2 heterocycles. The molecule has 0 saturated carbocycles. The number of urea groups is 2. The Balaban J connectivity index is 1.54. The minimum atomic E-state index is -0.990. The van der Waals surface area contributed by atoms with Crippen molar-refractivity contribution < 1.29 is 27.9 Å². The van der Waals surface area contributed by atoms with Crippen molar-refractivity contribution >= 4 is 18.0 Å². The molecular formula is C26H25F2N5O4. The van der Waals surface area contributed by atoms with E-state index in [0.717, 1.165) is 22.6 Å². The van der Waals surface area contributed by atoms with Crippen LogP contribution in [0.5, 0.6) is 0 Å². The van der Waals surface area contributed by atoms with Crippen LogP contribution in [0.25, 0.3) is 11.4 Å². The molecule has 3 aromatic rings. The molecule has 1 aromatic heterocycles. The SMILES string of the molecule is COC(=O)C1=C(C)NC(=O)N(C(=O)NCCC(c2ccc(F)c(F)c2)n2ccnc2-c2ccccc2)C1. The second-order valence-corrected chi connectivity index (χ2v) is 8.35. The van der Waals surface area contributed by atoms with Crippen molar-refractivity contribution in [2.75, 3.05) is 20.2 Å². The summed E-state index contributed by atoms with van der Waals surface area (Å²) in [4.78, 5) is 42.5. The number of amides is 4. The van der Waals surface area contributed by atoms with Crippen LogP contribution < -0.4 is 10.6 Å². The number of rotatable bonds is 7. The fourth-order valence-corrected chi connectivity index (χ4v) is 4.13. The van der Waals surface area contributed by atoms with E-state index in [0.29, 0.717) is 17.1 Å². The van der Waals surface area contributed by atoms with Crippen molar-refractivity contribution in [3.8, 4) is 11.4 Å². The summed E-state index contributed by atoms with van der Waals surface area (Å²) in [5, 5.41) is 5.15. The van der Waals surface area contributed by atoms with Crippen LogP contribution in [0.3, 0.4) is 0 Å². The molecule has 4 rings (SSSR count). The first-order valence-corrected chi connectivity index (χ1v) is 11.5. The van der Waals surface area contributed by atoms with E-state index < -0.39 is 35.7 Å². The highest BCUT2D eigenvalue weighted by Crippen LogP contribution is 2.29. The van der Waals surface area contributed by atoms with Crippen molar-refractivity contribution in [3.05, 3.63) is 89.4 Å². The van der Waals surface area contributed by atoms with Crippen molar-refractivity contribution in [2.24, 2.45) is 0 Å². The molecule has 0 aliphatic carbocycles. The van der Waals surface area contributed by atoms with Crippen LogP contribution in [0.4, 0.5) is 18.4 Å². The lowest BCUT2D eigenvalue weighted by molar-refractivity contribution is -0.136. The zero-order valence-electron chi connectivity index (χ0n) is 20.2. The third-order valence-corrected chi connectivity index (χ3v) is 6.04. The van der Waals surface area contributed by atoms with Gasteiger partial charge in [0.2, 0.25) is 0 Å². The van der Waals surface area contributed by atoms with E-state index in [1.807, 2.05) is 34.9 Å². The molecule has 1 atom stereocenters. The first-order valence-electron chi connectivity index (χ1n) is 11.5. The maximum absolute atomic E-state index is 14.1. The number of allylic oxidation sites excluding steroid dienone is 1. The Morgan fingerprint density at radius 3 is 2.62 bits per heavy atom. The molecule has 37 heavy (non-hydrogen) atoms. The van der Waals surface area contributed by atoms with Crippen LogP contribution in [0.1, 0.15) is 24.9 Å². The summed E-state index contributed by atoms with van der Waals surface area (Å²) >= 11 is 0. The van der Waals surface area contributed by atoms with Crippen LogP contribution in [0.2, 0.25) is 0 Å². The number of benzene rings is 2. The van der Waals surface area contributed by atoms with E-state index in [9.17, 15) is 23.2 Å². The second kappa shape index (κ2) is 11.0. The molecule has 0 fully saturated rings. The predicted octanol–water partition coefficient (Wildman–Crippen LogP) is 3.99. The number of halogens is 2. The summed E-state index contributed by atoms with van der Waals surface area (Å²) in [6.07, 6.45) is 3.60. The van der Waals surface area contributed by atoms with Gasteiger partial charge in [0.1, 0.15) is 5.82 Å². The number of hydrogen-bond acceptors (Lipinski definition) is 5. The highest BCUT2D eigenvalue weighted by Gasteiger charge is 2.31. The van der Waals surface area contributed by atoms with Crippen molar-refractivity contribution in [1.29, 1.82) is 0 Å². The zero-order valence-corrected chi connectivity index (χ0v) is 20.2. The van der Waals surface area contributed by atoms with Gasteiger partial charge in [-0.1, -0.05) is 36.4 Å². The number of nitrogens with zero attached hydrogens (tertiary/aromatic N) is 3. The monoisotopic (exact) mass is 509 g/mol. The number of aromatic nitrogens is 2. The average Bonchev–Trinajstić information content (AvgIpc) is 3.38. The Kier molecular flexibility index (Phi) is 7.61. The molecule has 192 valence electrons. The lowest BCUT2D eigenvalue weighted by Crippen LogP contribution is -2.53. The Morgan fingerprint density at radius 1 is 1.16 bits per heavy atom. The molecule has 4 amide bonds. The first-order chi connectivity index (χ1) is 17.8. The summed E-state index contributed by atoms with van der Waals surface area (Å²) in [6, 6.07) is 11.1. The number of methoxy groups -OCH3 is 1. The smallest absolute Gasteiger partial charge is 0.337 e. The van der Waals surface area contributed by atoms with Crippen LogP contribution in [-0.2, 0) is 9.53 Å². The van der Waals surface area contributed by atoms with E-state index in [2.05, 4.69) is 15.6 Å². The maximum Gasteiger partial charge on any atom is 0.337 e. The topological polar surface area (TPSA) is 106 Å². The van der Waals surface area contributed by atoms with Crippen molar-refractivity contribution in [3.63, 3.8) is 0 Å². The summed E-state index contributed by atoms with van der Waals surface area (Å²) in [7, 11) is 1.21. The van der Waals surface area contributed by atoms with Crippen molar-refractivity contribution in [1.82, 2.24) is 25.1 Å². The standard InChI is InChI=1S/C26H25F2N5O4/c1-16-19(24(34)37-2)15-33(26(36)31-16)25(35)30-11-10-22(18-8-9-20(27)21(28)14-18)32-13-12-29-23(32)17-6-4-3-5-7-17/h3-9,12-14,22H,10-11,15H2,1-2H3,(H,30,35)(H,31,36). The van der Waals surface area contributed by atoms with E-state index >= 15 is 0 Å². The molecule has 0 saturated heterocycles. The van der Waals surface area contributed by atoms with Gasteiger partial charge in [0.15, 0.2) is 11.6 Å². The summed E-state index contributed by atoms with van der Waals surface area (Å²) < 4.78 is 34.3. The molecule has 1 aliphatic heterocycles. The molecule has 0 radical (unpaired) electrons. The molecule has 2 N–H and O–H groups in total. The fraction of sp³-hybridized carbons (Fsp3) is 0.231. The highest BCUT2D eigenvalue weighted by atomic mass is 19.2. The largest absolute Gasteiger partial charge is 0.466 e. The summed E-state index contributed by atoms with van der Waals surface area (Å²) in [5.74, 6) is -2.00.